The van der Waals surface area contributed by atoms with Crippen LogP contribution in [0.4, 0.5) is 0 Å². The molecule has 28 heavy (non-hydrogen) atoms. The van der Waals surface area contributed by atoms with Gasteiger partial charge in [-0.05, 0) is 55.0 Å². The molecule has 5 rings (SSSR count). The Hall–Kier alpha value is -2.82. The lowest BCUT2D eigenvalue weighted by atomic mass is 9.95. The van der Waals surface area contributed by atoms with Crippen LogP contribution >= 0.6 is 0 Å². The largest absolute Gasteiger partial charge is 0.345 e. The Morgan fingerprint density at radius 2 is 1.86 bits per heavy atom. The summed E-state index contributed by atoms with van der Waals surface area (Å²) in [6, 6.07) is 14.2. The van der Waals surface area contributed by atoms with Crippen LogP contribution in [0.15, 0.2) is 47.3 Å². The molecule has 1 amide bonds. The number of nitrogens with zero attached hydrogens (tertiary/aromatic N) is 1. The van der Waals surface area contributed by atoms with Gasteiger partial charge in [-0.15, -0.1) is 0 Å². The van der Waals surface area contributed by atoms with Crippen molar-refractivity contribution >= 4 is 16.9 Å². The zero-order chi connectivity index (χ0) is 19.1. The van der Waals surface area contributed by atoms with Gasteiger partial charge in [-0.1, -0.05) is 43.5 Å². The molecule has 2 aliphatic carbocycles. The van der Waals surface area contributed by atoms with Gasteiger partial charge in [0.2, 0.25) is 0 Å². The fraction of sp³-hybridized carbons (Fsp3) is 0.391. The Morgan fingerprint density at radius 3 is 2.71 bits per heavy atom. The molecule has 1 atom stereocenters. The van der Waals surface area contributed by atoms with Gasteiger partial charge in [0, 0.05) is 11.6 Å². The van der Waals surface area contributed by atoms with Gasteiger partial charge in [0.25, 0.3) is 5.91 Å². The number of imidazole rings is 1. The van der Waals surface area contributed by atoms with Crippen molar-refractivity contribution in [3.8, 4) is 0 Å². The molecule has 0 aliphatic heterocycles. The maximum absolute atomic E-state index is 12.8. The molecule has 1 aromatic heterocycles. The van der Waals surface area contributed by atoms with Crippen molar-refractivity contribution < 1.29 is 4.79 Å². The quantitative estimate of drug-likeness (QED) is 0.719. The Morgan fingerprint density at radius 1 is 1.04 bits per heavy atom. The summed E-state index contributed by atoms with van der Waals surface area (Å²) in [5.74, 6) is -0.0881. The van der Waals surface area contributed by atoms with E-state index in [-0.39, 0.29) is 23.7 Å². The molecule has 0 radical (unpaired) electrons. The van der Waals surface area contributed by atoms with Crippen LogP contribution in [0, 0.1) is 0 Å². The maximum Gasteiger partial charge on any atom is 0.326 e. The number of amides is 1. The lowest BCUT2D eigenvalue weighted by Gasteiger charge is -2.22. The van der Waals surface area contributed by atoms with Gasteiger partial charge in [-0.3, -0.25) is 9.36 Å². The Kier molecular flexibility index (Phi) is 4.30. The summed E-state index contributed by atoms with van der Waals surface area (Å²) in [5, 5.41) is 3.16. The minimum absolute atomic E-state index is 0.0604. The van der Waals surface area contributed by atoms with E-state index in [0.29, 0.717) is 5.56 Å². The van der Waals surface area contributed by atoms with Crippen LogP contribution in [0.3, 0.4) is 0 Å². The first-order valence-electron chi connectivity index (χ1n) is 10.3. The van der Waals surface area contributed by atoms with Gasteiger partial charge in [0.15, 0.2) is 0 Å². The predicted octanol–water partition coefficient (Wildman–Crippen LogP) is 4.25. The minimum Gasteiger partial charge on any atom is -0.345 e. The first kappa shape index (κ1) is 17.3. The zero-order valence-electron chi connectivity index (χ0n) is 15.9. The summed E-state index contributed by atoms with van der Waals surface area (Å²) in [6.07, 6.45) is 7.63. The molecule has 144 valence electrons. The fourth-order valence-electron chi connectivity index (χ4n) is 4.92. The molecule has 0 spiro atoms. The number of aryl methyl sites for hydroxylation is 1. The second kappa shape index (κ2) is 6.97. The third-order valence-electron chi connectivity index (χ3n) is 6.36. The molecule has 1 saturated carbocycles. The Balaban J connectivity index is 1.41. The van der Waals surface area contributed by atoms with Crippen LogP contribution in [-0.2, 0) is 6.42 Å². The van der Waals surface area contributed by atoms with E-state index in [9.17, 15) is 9.59 Å². The van der Waals surface area contributed by atoms with Crippen molar-refractivity contribution in [2.75, 3.05) is 0 Å². The van der Waals surface area contributed by atoms with Crippen molar-refractivity contribution in [2.45, 2.75) is 57.0 Å². The lowest BCUT2D eigenvalue weighted by molar-refractivity contribution is 0.0937. The number of fused-ring (bicyclic) bond motifs is 2. The SMILES string of the molecule is O=C(N[C@@H]1CCc2ccccc21)c1ccc2c(c1)[nH]c(=O)n2C1CCCCC1. The van der Waals surface area contributed by atoms with Crippen molar-refractivity contribution in [3.63, 3.8) is 0 Å². The molecule has 0 saturated heterocycles. The van der Waals surface area contributed by atoms with Crippen LogP contribution in [0.25, 0.3) is 11.0 Å². The Bertz CT molecular complexity index is 1090. The third kappa shape index (κ3) is 2.95. The number of rotatable bonds is 3. The molecule has 2 aromatic carbocycles. The van der Waals surface area contributed by atoms with Crippen LogP contribution in [0.1, 0.15) is 72.1 Å². The second-order valence-corrected chi connectivity index (χ2v) is 8.09. The summed E-state index contributed by atoms with van der Waals surface area (Å²) in [5.41, 5.74) is 4.71. The van der Waals surface area contributed by atoms with E-state index < -0.39 is 0 Å². The average Bonchev–Trinajstić information content (AvgIpc) is 3.28. The van der Waals surface area contributed by atoms with Crippen LogP contribution in [0.2, 0.25) is 0 Å². The highest BCUT2D eigenvalue weighted by Crippen LogP contribution is 2.32. The molecule has 5 nitrogen and oxygen atoms in total. The molecule has 1 fully saturated rings. The summed E-state index contributed by atoms with van der Waals surface area (Å²) >= 11 is 0. The number of hydrogen-bond acceptors (Lipinski definition) is 2. The summed E-state index contributed by atoms with van der Waals surface area (Å²) in [7, 11) is 0. The van der Waals surface area contributed by atoms with E-state index in [1.54, 1.807) is 0 Å². The number of aromatic amines is 1. The normalized spacial score (nSPS) is 19.6. The van der Waals surface area contributed by atoms with Gasteiger partial charge < -0.3 is 10.3 Å². The minimum atomic E-state index is -0.0881. The van der Waals surface area contributed by atoms with Crippen molar-refractivity contribution in [1.82, 2.24) is 14.9 Å². The van der Waals surface area contributed by atoms with Crippen molar-refractivity contribution in [2.24, 2.45) is 0 Å². The van der Waals surface area contributed by atoms with E-state index in [1.807, 2.05) is 34.9 Å². The van der Waals surface area contributed by atoms with Crippen LogP contribution in [-0.4, -0.2) is 15.5 Å². The van der Waals surface area contributed by atoms with Crippen molar-refractivity contribution in [1.29, 1.82) is 0 Å². The van der Waals surface area contributed by atoms with E-state index >= 15 is 0 Å². The number of H-pyrrole nitrogens is 1. The molecule has 2 N–H and O–H groups in total. The van der Waals surface area contributed by atoms with E-state index in [1.165, 1.54) is 30.4 Å². The molecular formula is C23H25N3O2. The van der Waals surface area contributed by atoms with E-state index in [2.05, 4.69) is 22.4 Å². The topological polar surface area (TPSA) is 66.9 Å². The number of benzene rings is 2. The number of hydrogen-bond donors (Lipinski definition) is 2. The highest BCUT2D eigenvalue weighted by atomic mass is 16.2. The molecule has 0 unspecified atom stereocenters. The highest BCUT2D eigenvalue weighted by Gasteiger charge is 2.24. The number of aromatic nitrogens is 2. The smallest absolute Gasteiger partial charge is 0.326 e. The maximum atomic E-state index is 12.8. The van der Waals surface area contributed by atoms with E-state index in [0.717, 1.165) is 36.7 Å². The molecule has 1 heterocycles. The molecule has 3 aromatic rings. The second-order valence-electron chi connectivity index (χ2n) is 8.09. The molecule has 2 aliphatic rings. The third-order valence-corrected chi connectivity index (χ3v) is 6.36. The first-order chi connectivity index (χ1) is 13.7. The van der Waals surface area contributed by atoms with E-state index in [4.69, 9.17) is 0 Å². The first-order valence-corrected chi connectivity index (χ1v) is 10.3. The molecule has 0 bridgehead atoms. The number of nitrogens with one attached hydrogen (secondary N) is 2. The lowest BCUT2D eigenvalue weighted by Crippen LogP contribution is -2.27. The fourth-order valence-corrected chi connectivity index (χ4v) is 4.92. The molecular weight excluding hydrogens is 350 g/mol. The monoisotopic (exact) mass is 375 g/mol. The van der Waals surface area contributed by atoms with Crippen LogP contribution < -0.4 is 11.0 Å². The van der Waals surface area contributed by atoms with Gasteiger partial charge in [0.05, 0.1) is 17.1 Å². The average molecular weight is 375 g/mol. The highest BCUT2D eigenvalue weighted by molar-refractivity contribution is 5.97. The predicted molar refractivity (Wildman–Crippen MR) is 110 cm³/mol. The van der Waals surface area contributed by atoms with Gasteiger partial charge in [-0.25, -0.2) is 4.79 Å². The number of carbonyl (C=O) groups is 1. The van der Waals surface area contributed by atoms with Crippen LogP contribution in [0.5, 0.6) is 0 Å². The summed E-state index contributed by atoms with van der Waals surface area (Å²) in [6.45, 7) is 0. The van der Waals surface area contributed by atoms with Gasteiger partial charge in [-0.2, -0.15) is 0 Å². The molecule has 5 heteroatoms. The number of carbonyl (C=O) groups excluding carboxylic acids is 1. The zero-order valence-corrected chi connectivity index (χ0v) is 15.9. The summed E-state index contributed by atoms with van der Waals surface area (Å²) < 4.78 is 1.89. The van der Waals surface area contributed by atoms with Gasteiger partial charge >= 0.3 is 5.69 Å². The van der Waals surface area contributed by atoms with Crippen molar-refractivity contribution in [3.05, 3.63) is 69.6 Å². The van der Waals surface area contributed by atoms with Gasteiger partial charge in [0.1, 0.15) is 0 Å². The summed E-state index contributed by atoms with van der Waals surface area (Å²) in [4.78, 5) is 28.3. The standard InChI is InChI=1S/C23H25N3O2/c27-22(24-19-12-10-15-6-4-5-9-18(15)19)16-11-13-21-20(14-16)25-23(28)26(21)17-7-2-1-3-8-17/h4-6,9,11,13-14,17,19H,1-3,7-8,10,12H2,(H,24,27)(H,25,28)/t19-/m1/s1. The Labute approximate surface area is 163 Å².